The zero-order chi connectivity index (χ0) is 45.6. The van der Waals surface area contributed by atoms with Gasteiger partial charge in [-0.25, -0.2) is 38.7 Å². The number of nitrogens with zero attached hydrogens (tertiary/aromatic N) is 12. The average Bonchev–Trinajstić information content (AvgIpc) is 4.19. The van der Waals surface area contributed by atoms with Crippen molar-refractivity contribution in [2.24, 2.45) is 14.1 Å². The Hall–Kier alpha value is -7.36. The molecular weight excluding hydrogens is 875 g/mol. The first-order valence-corrected chi connectivity index (χ1v) is 22.0. The molecule has 0 saturated carbocycles. The summed E-state index contributed by atoms with van der Waals surface area (Å²) in [4.78, 5) is 52.7. The summed E-state index contributed by atoms with van der Waals surface area (Å²) in [5, 5.41) is 28.3. The van der Waals surface area contributed by atoms with Gasteiger partial charge in [-0.15, -0.1) is 22.7 Å². The lowest BCUT2D eigenvalue weighted by Crippen LogP contribution is -2.24. The number of hydrogen-bond donors (Lipinski definition) is 3. The number of thiazole rings is 2. The number of hydrogen-bond acceptors (Lipinski definition) is 15. The van der Waals surface area contributed by atoms with Crippen molar-refractivity contribution in [3.63, 3.8) is 0 Å². The third kappa shape index (κ3) is 10.5. The molecule has 0 bridgehead atoms. The first kappa shape index (κ1) is 44.3. The Morgan fingerprint density at radius 2 is 1.17 bits per heavy atom. The van der Waals surface area contributed by atoms with Crippen LogP contribution in [0, 0.1) is 11.6 Å². The minimum Gasteiger partial charge on any atom is -0.383 e. The molecule has 2 aliphatic rings. The molecule has 17 nitrogen and oxygen atoms in total. The smallest absolute Gasteiger partial charge is 0.251 e. The first-order valence-electron chi connectivity index (χ1n) is 20.2. The van der Waals surface area contributed by atoms with Crippen molar-refractivity contribution >= 4 is 58.0 Å². The summed E-state index contributed by atoms with van der Waals surface area (Å²) >= 11 is 2.78. The predicted molar refractivity (Wildman–Crippen MR) is 243 cm³/mol. The van der Waals surface area contributed by atoms with Gasteiger partial charge >= 0.3 is 0 Å². The first-order chi connectivity index (χ1) is 31.4. The maximum atomic E-state index is 14.7. The highest BCUT2D eigenvalue weighted by Crippen LogP contribution is 2.35. The average molecular weight is 917 g/mol. The van der Waals surface area contributed by atoms with E-state index in [1.54, 1.807) is 88.6 Å². The highest BCUT2D eigenvalue weighted by atomic mass is 32.1. The molecule has 332 valence electrons. The molecule has 8 heterocycles. The van der Waals surface area contributed by atoms with Crippen LogP contribution in [0.1, 0.15) is 24.3 Å². The van der Waals surface area contributed by atoms with Gasteiger partial charge in [0, 0.05) is 100 Å². The van der Waals surface area contributed by atoms with Gasteiger partial charge in [0.15, 0.2) is 11.6 Å². The number of aliphatic hydroxyl groups is 1. The Kier molecular flexibility index (Phi) is 13.3. The van der Waals surface area contributed by atoms with Gasteiger partial charge in [-0.3, -0.25) is 19.0 Å². The van der Waals surface area contributed by atoms with Crippen LogP contribution in [0.3, 0.4) is 0 Å². The number of carbonyl (C=O) groups is 2. The fraction of sp³-hybridized carbons (Fsp3) is 0.227. The maximum absolute atomic E-state index is 14.7. The molecule has 10 rings (SSSR count). The topological polar surface area (TPSA) is 198 Å². The second kappa shape index (κ2) is 19.6. The van der Waals surface area contributed by atoms with E-state index >= 15 is 0 Å². The number of rotatable bonds is 9. The van der Waals surface area contributed by atoms with Gasteiger partial charge < -0.3 is 25.5 Å². The SMILES string of the molecule is CN1CCC(O)C1=O.CN1CCC(c2ccc(F)c(-c3csc(-c4ccnc(Nc5ccn(C)n5)n4)n3)c2)C1=O.Cn1ccc(Nc2nccc(-c3nc(-c4ccccc4F)cs3)n2)n1. The molecule has 2 aliphatic heterocycles. The van der Waals surface area contributed by atoms with Crippen LogP contribution >= 0.6 is 22.7 Å². The number of aliphatic hydroxyl groups excluding tert-OH is 1. The van der Waals surface area contributed by atoms with Gasteiger partial charge in [0.05, 0.1) is 17.3 Å². The standard InChI is InChI=1S/C22H20FN7OS.C17H13FN6S.C5H9NO2/c1-29-9-6-14(21(29)31)13-3-4-16(23)15(11-13)18-12-32-20(25-18)17-5-8-24-22(26-17)27-19-7-10-30(2)28-19;1-24-9-7-15(23-24)22-17-19-8-6-13(21-17)16-20-14(10-25-16)11-4-2-3-5-12(11)18;1-6-3-2-4(7)5(6)8/h3-5,7-8,10-12,14H,6,9H2,1-2H3,(H,24,26,27,28);2-10H,1H3,(H,19,21,22,23);4,7H,2-3H2,1H3. The van der Waals surface area contributed by atoms with Crippen molar-refractivity contribution in [1.82, 2.24) is 59.3 Å². The molecule has 65 heavy (non-hydrogen) atoms. The van der Waals surface area contributed by atoms with E-state index in [9.17, 15) is 18.4 Å². The van der Waals surface area contributed by atoms with Crippen LogP contribution in [0.15, 0.2) is 102 Å². The molecule has 2 aromatic carbocycles. The van der Waals surface area contributed by atoms with Gasteiger partial charge in [-0.05, 0) is 54.8 Å². The van der Waals surface area contributed by atoms with Crippen molar-refractivity contribution in [3.8, 4) is 43.9 Å². The number of benzene rings is 2. The highest BCUT2D eigenvalue weighted by molar-refractivity contribution is 7.13. The number of nitrogens with one attached hydrogen (secondary N) is 2. The van der Waals surface area contributed by atoms with Crippen molar-refractivity contribution in [2.45, 2.75) is 24.9 Å². The van der Waals surface area contributed by atoms with Gasteiger partial charge in [0.2, 0.25) is 17.8 Å². The van der Waals surface area contributed by atoms with Crippen molar-refractivity contribution in [2.75, 3.05) is 37.8 Å². The summed E-state index contributed by atoms with van der Waals surface area (Å²) in [6, 6.07) is 18.6. The Morgan fingerprint density at radius 3 is 1.65 bits per heavy atom. The number of likely N-dealkylation sites (tertiary alicyclic amines) is 2. The van der Waals surface area contributed by atoms with E-state index < -0.39 is 6.10 Å². The molecule has 6 aromatic heterocycles. The van der Waals surface area contributed by atoms with Crippen LogP contribution in [0.4, 0.5) is 32.3 Å². The van der Waals surface area contributed by atoms with E-state index in [-0.39, 0.29) is 29.4 Å². The van der Waals surface area contributed by atoms with Gasteiger partial charge in [-0.1, -0.05) is 18.2 Å². The number of anilines is 4. The fourth-order valence-corrected chi connectivity index (χ4v) is 8.44. The van der Waals surface area contributed by atoms with Crippen LogP contribution < -0.4 is 10.6 Å². The third-order valence-electron chi connectivity index (χ3n) is 10.3. The zero-order valence-corrected chi connectivity index (χ0v) is 37.1. The largest absolute Gasteiger partial charge is 0.383 e. The van der Waals surface area contributed by atoms with Crippen LogP contribution in [0.25, 0.3) is 43.9 Å². The third-order valence-corrected chi connectivity index (χ3v) is 12.0. The quantitative estimate of drug-likeness (QED) is 0.135. The molecule has 0 radical (unpaired) electrons. The Labute approximate surface area is 379 Å². The Bertz CT molecular complexity index is 2940. The molecule has 21 heteroatoms. The number of aryl methyl sites for hydroxylation is 2. The summed E-state index contributed by atoms with van der Waals surface area (Å²) in [6.07, 6.45) is 7.54. The Balaban J connectivity index is 0.000000155. The lowest BCUT2D eigenvalue weighted by Gasteiger charge is -2.12. The van der Waals surface area contributed by atoms with E-state index in [0.29, 0.717) is 87.0 Å². The molecule has 2 fully saturated rings. The summed E-state index contributed by atoms with van der Waals surface area (Å²) < 4.78 is 31.9. The summed E-state index contributed by atoms with van der Waals surface area (Å²) in [5.41, 5.74) is 4.07. The molecule has 0 spiro atoms. The van der Waals surface area contributed by atoms with Crippen molar-refractivity contribution < 1.29 is 23.5 Å². The van der Waals surface area contributed by atoms with Crippen LogP contribution in [-0.4, -0.2) is 109 Å². The predicted octanol–water partition coefficient (Wildman–Crippen LogP) is 6.92. The second-order valence-electron chi connectivity index (χ2n) is 15.0. The van der Waals surface area contributed by atoms with Gasteiger partial charge in [0.25, 0.3) is 5.91 Å². The van der Waals surface area contributed by atoms with Gasteiger partial charge in [0.1, 0.15) is 39.1 Å². The van der Waals surface area contributed by atoms with E-state index in [1.165, 1.54) is 39.7 Å². The number of carbonyl (C=O) groups excluding carboxylic acids is 2. The molecule has 2 atom stereocenters. The van der Waals surface area contributed by atoms with Crippen LogP contribution in [0.2, 0.25) is 0 Å². The lowest BCUT2D eigenvalue weighted by molar-refractivity contribution is -0.133. The number of amides is 2. The van der Waals surface area contributed by atoms with Crippen LogP contribution in [0.5, 0.6) is 0 Å². The minimum atomic E-state index is -0.722. The van der Waals surface area contributed by atoms with Crippen LogP contribution in [-0.2, 0) is 23.7 Å². The number of halogens is 2. The summed E-state index contributed by atoms with van der Waals surface area (Å²) in [6.45, 7) is 1.40. The number of aromatic nitrogens is 10. The van der Waals surface area contributed by atoms with Crippen molar-refractivity contribution in [1.29, 1.82) is 0 Å². The monoisotopic (exact) mass is 916 g/mol. The fourth-order valence-electron chi connectivity index (χ4n) is 6.86. The highest BCUT2D eigenvalue weighted by Gasteiger charge is 2.31. The maximum Gasteiger partial charge on any atom is 0.251 e. The summed E-state index contributed by atoms with van der Waals surface area (Å²) in [5.74, 6) is 1.14. The number of likely N-dealkylation sites (N-methyl/N-ethyl adjacent to an activating group) is 2. The summed E-state index contributed by atoms with van der Waals surface area (Å²) in [7, 11) is 7.15. The second-order valence-corrected chi connectivity index (χ2v) is 16.7. The van der Waals surface area contributed by atoms with E-state index in [1.807, 2.05) is 44.0 Å². The molecular formula is C44H42F2N14O3S2. The molecule has 2 amide bonds. The molecule has 0 aliphatic carbocycles. The molecule has 2 saturated heterocycles. The van der Waals surface area contributed by atoms with Gasteiger partial charge in [-0.2, -0.15) is 10.2 Å². The van der Waals surface area contributed by atoms with E-state index in [4.69, 9.17) is 5.11 Å². The van der Waals surface area contributed by atoms with E-state index in [0.717, 1.165) is 12.0 Å². The minimum absolute atomic E-state index is 0.0652. The van der Waals surface area contributed by atoms with E-state index in [2.05, 4.69) is 50.7 Å². The lowest BCUT2D eigenvalue weighted by atomic mass is 9.95. The molecule has 3 N–H and O–H groups in total. The Morgan fingerprint density at radius 1 is 0.631 bits per heavy atom. The normalized spacial score (nSPS) is 15.7. The van der Waals surface area contributed by atoms with Crippen molar-refractivity contribution in [3.05, 3.63) is 119 Å². The zero-order valence-electron chi connectivity index (χ0n) is 35.5. The molecule has 8 aromatic rings. The molecule has 2 unspecified atom stereocenters.